The number of ether oxygens (including phenoxy) is 2. The minimum absolute atomic E-state index is 0.0103. The molecule has 1 unspecified atom stereocenters. The minimum atomic E-state index is -0.160. The van der Waals surface area contributed by atoms with Crippen LogP contribution in [-0.2, 0) is 14.3 Å². The summed E-state index contributed by atoms with van der Waals surface area (Å²) >= 11 is 0. The van der Waals surface area contributed by atoms with Crippen molar-refractivity contribution in [1.82, 2.24) is 0 Å². The Hall–Kier alpha value is -0.610. The van der Waals surface area contributed by atoms with Crippen molar-refractivity contribution in [2.75, 3.05) is 6.61 Å². The molecule has 0 bridgehead atoms. The summed E-state index contributed by atoms with van der Waals surface area (Å²) in [6, 6.07) is 0. The molecule has 0 aromatic heterocycles. The summed E-state index contributed by atoms with van der Waals surface area (Å²) in [5.41, 5.74) is 5.29. The maximum atomic E-state index is 11.0. The number of rotatable bonds is 3. The Kier molecular flexibility index (Phi) is 4.18. The number of primary amides is 1. The quantitative estimate of drug-likeness (QED) is 0.796. The van der Waals surface area contributed by atoms with Crippen molar-refractivity contribution in [2.45, 2.75) is 57.3 Å². The third-order valence-electron chi connectivity index (χ3n) is 3.56. The second kappa shape index (κ2) is 5.64. The van der Waals surface area contributed by atoms with Gasteiger partial charge in [0.2, 0.25) is 5.91 Å². The van der Waals surface area contributed by atoms with Crippen LogP contribution >= 0.6 is 0 Å². The van der Waals surface area contributed by atoms with Crippen molar-refractivity contribution in [1.29, 1.82) is 0 Å². The second-order valence-electron chi connectivity index (χ2n) is 4.81. The molecule has 4 heteroatoms. The molecule has 0 spiro atoms. The highest BCUT2D eigenvalue weighted by atomic mass is 16.7. The molecule has 2 aliphatic rings. The first kappa shape index (κ1) is 11.9. The zero-order valence-electron chi connectivity index (χ0n) is 9.69. The van der Waals surface area contributed by atoms with Gasteiger partial charge in [0, 0.05) is 12.5 Å². The standard InChI is InChI=1S/C12H21NO3/c13-12(14)9-4-6-10(7-5-9)16-11-3-1-2-8-15-11/h9-11H,1-8H2,(H2,13,14). The maximum absolute atomic E-state index is 11.0. The fraction of sp³-hybridized carbons (Fsp3) is 0.917. The van der Waals surface area contributed by atoms with Gasteiger partial charge in [-0.25, -0.2) is 0 Å². The smallest absolute Gasteiger partial charge is 0.220 e. The highest BCUT2D eigenvalue weighted by Gasteiger charge is 2.27. The number of hydrogen-bond acceptors (Lipinski definition) is 3. The first-order chi connectivity index (χ1) is 7.75. The number of amides is 1. The molecule has 0 aromatic carbocycles. The van der Waals surface area contributed by atoms with Gasteiger partial charge >= 0.3 is 0 Å². The highest BCUT2D eigenvalue weighted by Crippen LogP contribution is 2.28. The second-order valence-corrected chi connectivity index (χ2v) is 4.81. The van der Waals surface area contributed by atoms with Crippen LogP contribution in [0.2, 0.25) is 0 Å². The van der Waals surface area contributed by atoms with Crippen molar-refractivity contribution < 1.29 is 14.3 Å². The van der Waals surface area contributed by atoms with E-state index in [9.17, 15) is 4.79 Å². The van der Waals surface area contributed by atoms with Crippen molar-refractivity contribution in [3.63, 3.8) is 0 Å². The third kappa shape index (κ3) is 3.19. The molecule has 1 saturated carbocycles. The SMILES string of the molecule is NC(=O)C1CCC(OC2CCCCO2)CC1. The van der Waals surface area contributed by atoms with Gasteiger partial charge in [-0.05, 0) is 44.9 Å². The van der Waals surface area contributed by atoms with Crippen LogP contribution in [0.5, 0.6) is 0 Å². The minimum Gasteiger partial charge on any atom is -0.369 e. The van der Waals surface area contributed by atoms with Crippen LogP contribution < -0.4 is 5.73 Å². The summed E-state index contributed by atoms with van der Waals surface area (Å²) in [5.74, 6) is -0.0977. The average Bonchev–Trinajstić information content (AvgIpc) is 2.31. The molecule has 1 heterocycles. The lowest BCUT2D eigenvalue weighted by Gasteiger charge is -2.31. The van der Waals surface area contributed by atoms with E-state index in [0.717, 1.165) is 45.1 Å². The molecular weight excluding hydrogens is 206 g/mol. The molecule has 2 rings (SSSR count). The Morgan fingerprint density at radius 2 is 1.88 bits per heavy atom. The van der Waals surface area contributed by atoms with Crippen LogP contribution in [0.15, 0.2) is 0 Å². The molecule has 1 atom stereocenters. The fourth-order valence-corrected chi connectivity index (χ4v) is 2.52. The van der Waals surface area contributed by atoms with E-state index in [4.69, 9.17) is 15.2 Å². The first-order valence-electron chi connectivity index (χ1n) is 6.32. The lowest BCUT2D eigenvalue weighted by atomic mass is 9.87. The molecule has 1 aliphatic carbocycles. The van der Waals surface area contributed by atoms with E-state index in [-0.39, 0.29) is 24.2 Å². The van der Waals surface area contributed by atoms with E-state index in [1.54, 1.807) is 0 Å². The number of carbonyl (C=O) groups is 1. The zero-order valence-corrected chi connectivity index (χ0v) is 9.69. The van der Waals surface area contributed by atoms with Crippen LogP contribution in [0, 0.1) is 5.92 Å². The molecule has 1 amide bonds. The van der Waals surface area contributed by atoms with Crippen LogP contribution in [0.25, 0.3) is 0 Å². The summed E-state index contributed by atoms with van der Waals surface area (Å²) in [7, 11) is 0. The summed E-state index contributed by atoms with van der Waals surface area (Å²) in [6.45, 7) is 0.821. The van der Waals surface area contributed by atoms with E-state index in [2.05, 4.69) is 0 Å². The Morgan fingerprint density at radius 3 is 2.44 bits per heavy atom. The molecule has 92 valence electrons. The Morgan fingerprint density at radius 1 is 1.12 bits per heavy atom. The van der Waals surface area contributed by atoms with Gasteiger partial charge in [0.1, 0.15) is 0 Å². The molecule has 16 heavy (non-hydrogen) atoms. The van der Waals surface area contributed by atoms with Gasteiger partial charge in [0.05, 0.1) is 6.10 Å². The van der Waals surface area contributed by atoms with Gasteiger partial charge in [-0.3, -0.25) is 4.79 Å². The number of hydrogen-bond donors (Lipinski definition) is 1. The monoisotopic (exact) mass is 227 g/mol. The van der Waals surface area contributed by atoms with Crippen LogP contribution in [0.3, 0.4) is 0 Å². The van der Waals surface area contributed by atoms with Gasteiger partial charge in [-0.2, -0.15) is 0 Å². The average molecular weight is 227 g/mol. The fourth-order valence-electron chi connectivity index (χ4n) is 2.52. The van der Waals surface area contributed by atoms with E-state index < -0.39 is 0 Å². The van der Waals surface area contributed by atoms with E-state index >= 15 is 0 Å². The summed E-state index contributed by atoms with van der Waals surface area (Å²) in [5, 5.41) is 0. The van der Waals surface area contributed by atoms with E-state index in [1.165, 1.54) is 6.42 Å². The number of carbonyl (C=O) groups excluding carboxylic acids is 1. The molecule has 0 radical (unpaired) electrons. The summed E-state index contributed by atoms with van der Waals surface area (Å²) < 4.78 is 11.4. The topological polar surface area (TPSA) is 61.6 Å². The van der Waals surface area contributed by atoms with E-state index in [1.807, 2.05) is 0 Å². The Bertz CT molecular complexity index is 230. The third-order valence-corrected chi connectivity index (χ3v) is 3.56. The highest BCUT2D eigenvalue weighted by molar-refractivity contribution is 5.76. The van der Waals surface area contributed by atoms with Gasteiger partial charge in [-0.1, -0.05) is 0 Å². The van der Waals surface area contributed by atoms with Gasteiger partial charge < -0.3 is 15.2 Å². The predicted molar refractivity (Wildman–Crippen MR) is 59.6 cm³/mol. The molecule has 4 nitrogen and oxygen atoms in total. The van der Waals surface area contributed by atoms with Crippen molar-refractivity contribution in [3.8, 4) is 0 Å². The van der Waals surface area contributed by atoms with Crippen molar-refractivity contribution >= 4 is 5.91 Å². The summed E-state index contributed by atoms with van der Waals surface area (Å²) in [6.07, 6.45) is 7.22. The summed E-state index contributed by atoms with van der Waals surface area (Å²) in [4.78, 5) is 11.0. The predicted octanol–water partition coefficient (Wildman–Crippen LogP) is 1.57. The van der Waals surface area contributed by atoms with Gasteiger partial charge in [-0.15, -0.1) is 0 Å². The van der Waals surface area contributed by atoms with Crippen molar-refractivity contribution in [2.24, 2.45) is 11.7 Å². The largest absolute Gasteiger partial charge is 0.369 e. The molecule has 1 aliphatic heterocycles. The Balaban J connectivity index is 1.70. The molecular formula is C12H21NO3. The lowest BCUT2D eigenvalue weighted by Crippen LogP contribution is -2.34. The van der Waals surface area contributed by atoms with Crippen molar-refractivity contribution in [3.05, 3.63) is 0 Å². The zero-order chi connectivity index (χ0) is 11.4. The van der Waals surface area contributed by atoms with Crippen LogP contribution in [0.4, 0.5) is 0 Å². The molecule has 2 N–H and O–H groups in total. The lowest BCUT2D eigenvalue weighted by molar-refractivity contribution is -0.194. The van der Waals surface area contributed by atoms with Gasteiger partial charge in [0.25, 0.3) is 0 Å². The Labute approximate surface area is 96.5 Å². The maximum Gasteiger partial charge on any atom is 0.220 e. The van der Waals surface area contributed by atoms with Gasteiger partial charge in [0.15, 0.2) is 6.29 Å². The van der Waals surface area contributed by atoms with Crippen LogP contribution in [0.1, 0.15) is 44.9 Å². The normalized spacial score (nSPS) is 35.9. The van der Waals surface area contributed by atoms with E-state index in [0.29, 0.717) is 0 Å². The molecule has 0 aromatic rings. The molecule has 2 fully saturated rings. The first-order valence-corrected chi connectivity index (χ1v) is 6.32. The molecule has 1 saturated heterocycles. The van der Waals surface area contributed by atoms with Crippen LogP contribution in [-0.4, -0.2) is 24.9 Å². The number of nitrogens with two attached hydrogens (primary N) is 1.